The first kappa shape index (κ1) is 11.0. The standard InChI is InChI=1S/C11H11ClFN3/c1-16-5-4-11(15-16)14-7-8-6-9(13)2-3-10(8)12/h2-6H,7H2,1H3,(H,14,15). The van der Waals surface area contributed by atoms with Gasteiger partial charge in [-0.15, -0.1) is 0 Å². The van der Waals surface area contributed by atoms with Gasteiger partial charge in [0.2, 0.25) is 0 Å². The smallest absolute Gasteiger partial charge is 0.148 e. The third-order valence-corrected chi connectivity index (χ3v) is 2.55. The van der Waals surface area contributed by atoms with Crippen LogP contribution in [-0.2, 0) is 13.6 Å². The molecule has 0 amide bonds. The molecule has 1 heterocycles. The number of nitrogens with zero attached hydrogens (tertiary/aromatic N) is 2. The van der Waals surface area contributed by atoms with Crippen LogP contribution in [-0.4, -0.2) is 9.78 Å². The first-order valence-corrected chi connectivity index (χ1v) is 5.20. The Balaban J connectivity index is 2.07. The second-order valence-electron chi connectivity index (χ2n) is 3.46. The Bertz CT molecular complexity index is 496. The third-order valence-electron chi connectivity index (χ3n) is 2.18. The lowest BCUT2D eigenvalue weighted by Gasteiger charge is -2.05. The Morgan fingerprint density at radius 3 is 2.94 bits per heavy atom. The van der Waals surface area contributed by atoms with Crippen molar-refractivity contribution in [1.82, 2.24) is 9.78 Å². The van der Waals surface area contributed by atoms with Crippen molar-refractivity contribution in [1.29, 1.82) is 0 Å². The minimum absolute atomic E-state index is 0.290. The van der Waals surface area contributed by atoms with E-state index in [1.165, 1.54) is 12.1 Å². The number of anilines is 1. The van der Waals surface area contributed by atoms with E-state index in [4.69, 9.17) is 11.6 Å². The average molecular weight is 240 g/mol. The summed E-state index contributed by atoms with van der Waals surface area (Å²) in [6, 6.07) is 6.14. The van der Waals surface area contributed by atoms with Crippen molar-refractivity contribution in [3.05, 3.63) is 46.9 Å². The minimum atomic E-state index is -0.290. The van der Waals surface area contributed by atoms with Gasteiger partial charge >= 0.3 is 0 Å². The lowest BCUT2D eigenvalue weighted by Crippen LogP contribution is -2.01. The summed E-state index contributed by atoms with van der Waals surface area (Å²) < 4.78 is 14.7. The van der Waals surface area contributed by atoms with Crippen molar-refractivity contribution < 1.29 is 4.39 Å². The lowest BCUT2D eigenvalue weighted by molar-refractivity contribution is 0.626. The topological polar surface area (TPSA) is 29.9 Å². The molecule has 0 bridgehead atoms. The van der Waals surface area contributed by atoms with Crippen molar-refractivity contribution in [2.24, 2.45) is 7.05 Å². The highest BCUT2D eigenvalue weighted by Gasteiger charge is 2.03. The number of aryl methyl sites for hydroxylation is 1. The molecule has 5 heteroatoms. The van der Waals surface area contributed by atoms with E-state index < -0.39 is 0 Å². The predicted molar refractivity (Wildman–Crippen MR) is 61.9 cm³/mol. The van der Waals surface area contributed by atoms with Gasteiger partial charge in [0.25, 0.3) is 0 Å². The van der Waals surface area contributed by atoms with Gasteiger partial charge in [-0.25, -0.2) is 4.39 Å². The Morgan fingerprint density at radius 2 is 2.25 bits per heavy atom. The highest BCUT2D eigenvalue weighted by molar-refractivity contribution is 6.31. The number of benzene rings is 1. The minimum Gasteiger partial charge on any atom is -0.364 e. The van der Waals surface area contributed by atoms with Gasteiger partial charge in [-0.3, -0.25) is 4.68 Å². The first-order chi connectivity index (χ1) is 7.65. The van der Waals surface area contributed by atoms with Gasteiger partial charge in [-0.2, -0.15) is 5.10 Å². The van der Waals surface area contributed by atoms with Crippen molar-refractivity contribution in [2.45, 2.75) is 6.54 Å². The fourth-order valence-corrected chi connectivity index (χ4v) is 1.56. The van der Waals surface area contributed by atoms with Gasteiger partial charge in [0.15, 0.2) is 0 Å². The maximum atomic E-state index is 13.0. The molecule has 0 radical (unpaired) electrons. The summed E-state index contributed by atoms with van der Waals surface area (Å²) in [5.41, 5.74) is 0.715. The molecule has 0 saturated heterocycles. The molecular formula is C11H11ClFN3. The van der Waals surface area contributed by atoms with Gasteiger partial charge in [-0.1, -0.05) is 11.6 Å². The number of hydrogen-bond acceptors (Lipinski definition) is 2. The summed E-state index contributed by atoms with van der Waals surface area (Å²) in [7, 11) is 1.83. The largest absolute Gasteiger partial charge is 0.364 e. The van der Waals surface area contributed by atoms with Gasteiger partial charge in [-0.05, 0) is 23.8 Å². The van der Waals surface area contributed by atoms with E-state index in [0.717, 1.165) is 5.82 Å². The van der Waals surface area contributed by atoms with Crippen LogP contribution in [0.5, 0.6) is 0 Å². The van der Waals surface area contributed by atoms with Crippen LogP contribution in [0.1, 0.15) is 5.56 Å². The molecule has 0 aliphatic rings. The van der Waals surface area contributed by atoms with Crippen molar-refractivity contribution in [3.8, 4) is 0 Å². The molecular weight excluding hydrogens is 229 g/mol. The summed E-state index contributed by atoms with van der Waals surface area (Å²) in [6.45, 7) is 0.452. The zero-order valence-electron chi connectivity index (χ0n) is 8.74. The van der Waals surface area contributed by atoms with Crippen molar-refractivity contribution in [3.63, 3.8) is 0 Å². The van der Waals surface area contributed by atoms with Gasteiger partial charge in [0.05, 0.1) is 0 Å². The molecule has 0 spiro atoms. The fraction of sp³-hybridized carbons (Fsp3) is 0.182. The van der Waals surface area contributed by atoms with E-state index in [9.17, 15) is 4.39 Å². The average Bonchev–Trinajstić information content (AvgIpc) is 2.66. The number of aromatic nitrogens is 2. The highest BCUT2D eigenvalue weighted by Crippen LogP contribution is 2.18. The lowest BCUT2D eigenvalue weighted by atomic mass is 10.2. The Hall–Kier alpha value is -1.55. The summed E-state index contributed by atoms with van der Waals surface area (Å²) in [6.07, 6.45) is 1.83. The van der Waals surface area contributed by atoms with Crippen LogP contribution in [0, 0.1) is 5.82 Å². The number of hydrogen-bond donors (Lipinski definition) is 1. The van der Waals surface area contributed by atoms with Crippen LogP contribution in [0.25, 0.3) is 0 Å². The van der Waals surface area contributed by atoms with Crippen molar-refractivity contribution >= 4 is 17.4 Å². The summed E-state index contributed by atoms with van der Waals surface area (Å²) in [4.78, 5) is 0. The Kier molecular flexibility index (Phi) is 3.10. The summed E-state index contributed by atoms with van der Waals surface area (Å²) in [5, 5.41) is 7.76. The zero-order valence-corrected chi connectivity index (χ0v) is 9.50. The van der Waals surface area contributed by atoms with Gasteiger partial charge in [0, 0.05) is 30.9 Å². The molecule has 3 nitrogen and oxygen atoms in total. The molecule has 0 saturated carbocycles. The fourth-order valence-electron chi connectivity index (χ4n) is 1.37. The molecule has 0 unspecified atom stereocenters. The van der Waals surface area contributed by atoms with Crippen LogP contribution in [0.2, 0.25) is 5.02 Å². The van der Waals surface area contributed by atoms with Crippen LogP contribution < -0.4 is 5.32 Å². The summed E-state index contributed by atoms with van der Waals surface area (Å²) in [5.74, 6) is 0.449. The van der Waals surface area contributed by atoms with E-state index >= 15 is 0 Å². The van der Waals surface area contributed by atoms with E-state index in [0.29, 0.717) is 17.1 Å². The van der Waals surface area contributed by atoms with E-state index in [1.54, 1.807) is 10.7 Å². The van der Waals surface area contributed by atoms with E-state index in [2.05, 4.69) is 10.4 Å². The normalized spacial score (nSPS) is 10.4. The molecule has 84 valence electrons. The second kappa shape index (κ2) is 4.53. The zero-order chi connectivity index (χ0) is 11.5. The Morgan fingerprint density at radius 1 is 1.44 bits per heavy atom. The Labute approximate surface area is 97.8 Å². The molecule has 16 heavy (non-hydrogen) atoms. The SMILES string of the molecule is Cn1ccc(NCc2cc(F)ccc2Cl)n1. The molecule has 0 aliphatic carbocycles. The molecule has 1 aromatic heterocycles. The molecule has 1 N–H and O–H groups in total. The van der Waals surface area contributed by atoms with Crippen LogP contribution in [0.15, 0.2) is 30.5 Å². The maximum Gasteiger partial charge on any atom is 0.148 e. The number of rotatable bonds is 3. The van der Waals surface area contributed by atoms with Crippen LogP contribution >= 0.6 is 11.6 Å². The molecule has 0 aliphatic heterocycles. The maximum absolute atomic E-state index is 13.0. The van der Waals surface area contributed by atoms with Crippen LogP contribution in [0.3, 0.4) is 0 Å². The molecule has 0 fully saturated rings. The van der Waals surface area contributed by atoms with Crippen LogP contribution in [0.4, 0.5) is 10.2 Å². The highest BCUT2D eigenvalue weighted by atomic mass is 35.5. The number of halogens is 2. The third kappa shape index (κ3) is 2.52. The number of nitrogens with one attached hydrogen (secondary N) is 1. The molecule has 2 rings (SSSR count). The van der Waals surface area contributed by atoms with Gasteiger partial charge in [0.1, 0.15) is 11.6 Å². The second-order valence-corrected chi connectivity index (χ2v) is 3.87. The monoisotopic (exact) mass is 239 g/mol. The summed E-state index contributed by atoms with van der Waals surface area (Å²) >= 11 is 5.94. The molecule has 1 aromatic carbocycles. The van der Waals surface area contributed by atoms with Gasteiger partial charge < -0.3 is 5.32 Å². The van der Waals surface area contributed by atoms with E-state index in [-0.39, 0.29) is 5.82 Å². The van der Waals surface area contributed by atoms with E-state index in [1.807, 2.05) is 19.3 Å². The molecule has 2 aromatic rings. The molecule has 0 atom stereocenters. The predicted octanol–water partition coefficient (Wildman–Crippen LogP) is 2.82. The quantitative estimate of drug-likeness (QED) is 0.893. The first-order valence-electron chi connectivity index (χ1n) is 4.82. The van der Waals surface area contributed by atoms with Crippen molar-refractivity contribution in [2.75, 3.05) is 5.32 Å².